The smallest absolute Gasteiger partial charge is 0.119 e. The maximum absolute atomic E-state index is 5.85. The molecule has 0 atom stereocenters. The van der Waals surface area contributed by atoms with Crippen LogP contribution in [0.25, 0.3) is 12.2 Å². The van der Waals surface area contributed by atoms with Gasteiger partial charge in [-0.3, -0.25) is 0 Å². The molecular formula is C33H32O2. The van der Waals surface area contributed by atoms with Crippen molar-refractivity contribution in [2.45, 2.75) is 32.5 Å². The minimum absolute atomic E-state index is 0.593. The molecule has 0 spiro atoms. The van der Waals surface area contributed by atoms with E-state index in [4.69, 9.17) is 9.47 Å². The van der Waals surface area contributed by atoms with Crippen molar-refractivity contribution in [1.29, 1.82) is 0 Å². The Labute approximate surface area is 209 Å². The molecule has 176 valence electrons. The van der Waals surface area contributed by atoms with Gasteiger partial charge in [-0.15, -0.1) is 0 Å². The van der Waals surface area contributed by atoms with Crippen molar-refractivity contribution in [3.63, 3.8) is 0 Å². The van der Waals surface area contributed by atoms with Gasteiger partial charge >= 0.3 is 0 Å². The molecule has 0 unspecified atom stereocenters. The van der Waals surface area contributed by atoms with Gasteiger partial charge in [0.2, 0.25) is 0 Å². The number of hydrogen-bond acceptors (Lipinski definition) is 2. The van der Waals surface area contributed by atoms with Gasteiger partial charge in [0.1, 0.15) is 24.7 Å². The maximum Gasteiger partial charge on any atom is 0.119 e. The van der Waals surface area contributed by atoms with E-state index >= 15 is 0 Å². The third-order valence-electron chi connectivity index (χ3n) is 5.62. The van der Waals surface area contributed by atoms with E-state index in [9.17, 15) is 0 Å². The maximum atomic E-state index is 5.85. The molecule has 2 nitrogen and oxygen atoms in total. The van der Waals surface area contributed by atoms with Crippen molar-refractivity contribution in [2.75, 3.05) is 0 Å². The van der Waals surface area contributed by atoms with Gasteiger partial charge in [0.15, 0.2) is 0 Å². The largest absolute Gasteiger partial charge is 0.489 e. The first-order valence-electron chi connectivity index (χ1n) is 12.2. The minimum Gasteiger partial charge on any atom is -0.489 e. The molecule has 0 aliphatic rings. The van der Waals surface area contributed by atoms with E-state index < -0.39 is 0 Å². The lowest BCUT2D eigenvalue weighted by Gasteiger charge is -2.06. The monoisotopic (exact) mass is 460 g/mol. The molecule has 0 fully saturated rings. The summed E-state index contributed by atoms with van der Waals surface area (Å²) in [6.07, 6.45) is 12.1. The number of ether oxygens (including phenoxy) is 2. The Hall–Kier alpha value is -4.04. The number of unbranched alkanes of at least 4 members (excludes halogenated alkanes) is 2. The van der Waals surface area contributed by atoms with Gasteiger partial charge in [-0.2, -0.15) is 0 Å². The summed E-state index contributed by atoms with van der Waals surface area (Å²) >= 11 is 0. The zero-order chi connectivity index (χ0) is 24.0. The number of benzene rings is 4. The summed E-state index contributed by atoms with van der Waals surface area (Å²) in [5, 5.41) is 0. The zero-order valence-electron chi connectivity index (χ0n) is 20.1. The first-order valence-corrected chi connectivity index (χ1v) is 12.2. The van der Waals surface area contributed by atoms with Crippen LogP contribution in [0, 0.1) is 0 Å². The Morgan fingerprint density at radius 3 is 1.26 bits per heavy atom. The van der Waals surface area contributed by atoms with E-state index in [0.717, 1.165) is 30.8 Å². The predicted octanol–water partition coefficient (Wildman–Crippen LogP) is 8.74. The molecule has 0 aliphatic heterocycles. The lowest BCUT2D eigenvalue weighted by atomic mass is 10.1. The topological polar surface area (TPSA) is 18.5 Å². The van der Waals surface area contributed by atoms with E-state index in [1.165, 1.54) is 22.3 Å². The van der Waals surface area contributed by atoms with Crippen LogP contribution in [-0.2, 0) is 13.2 Å². The van der Waals surface area contributed by atoms with E-state index in [0.29, 0.717) is 13.2 Å². The summed E-state index contributed by atoms with van der Waals surface area (Å²) in [5.41, 5.74) is 4.75. The normalized spacial score (nSPS) is 11.2. The van der Waals surface area contributed by atoms with Crippen molar-refractivity contribution in [3.05, 3.63) is 144 Å². The minimum atomic E-state index is 0.593. The van der Waals surface area contributed by atoms with Crippen molar-refractivity contribution >= 4 is 12.2 Å². The van der Waals surface area contributed by atoms with Gasteiger partial charge in [0, 0.05) is 0 Å². The van der Waals surface area contributed by atoms with Gasteiger partial charge in [0.05, 0.1) is 0 Å². The van der Waals surface area contributed by atoms with Crippen LogP contribution >= 0.6 is 0 Å². The molecule has 0 saturated carbocycles. The van der Waals surface area contributed by atoms with Crippen molar-refractivity contribution in [3.8, 4) is 11.5 Å². The van der Waals surface area contributed by atoms with Crippen LogP contribution in [0.4, 0.5) is 0 Å². The third-order valence-corrected chi connectivity index (χ3v) is 5.62. The molecule has 0 bridgehead atoms. The van der Waals surface area contributed by atoms with Crippen LogP contribution in [0.1, 0.15) is 41.5 Å². The van der Waals surface area contributed by atoms with Crippen molar-refractivity contribution < 1.29 is 9.47 Å². The van der Waals surface area contributed by atoms with E-state index in [1.807, 2.05) is 60.7 Å². The Balaban J connectivity index is 1.11. The predicted molar refractivity (Wildman–Crippen MR) is 146 cm³/mol. The van der Waals surface area contributed by atoms with Gasteiger partial charge in [-0.25, -0.2) is 0 Å². The molecule has 0 aliphatic carbocycles. The zero-order valence-corrected chi connectivity index (χ0v) is 20.1. The Kier molecular flexibility index (Phi) is 9.37. The molecule has 4 rings (SSSR count). The Morgan fingerprint density at radius 1 is 0.457 bits per heavy atom. The summed E-state index contributed by atoms with van der Waals surface area (Å²) < 4.78 is 11.7. The molecule has 0 saturated heterocycles. The second kappa shape index (κ2) is 13.6. The molecule has 0 heterocycles. The second-order valence-electron chi connectivity index (χ2n) is 8.42. The second-order valence-corrected chi connectivity index (χ2v) is 8.42. The lowest BCUT2D eigenvalue weighted by molar-refractivity contribution is 0.306. The SMILES string of the molecule is C(=Cc1ccc(OCc2ccccc2)cc1)CCCC=Cc1ccc(OCc2ccccc2)cc1. The third kappa shape index (κ3) is 8.68. The van der Waals surface area contributed by atoms with Gasteiger partial charge < -0.3 is 9.47 Å². The molecule has 0 aromatic heterocycles. The molecule has 35 heavy (non-hydrogen) atoms. The van der Waals surface area contributed by atoms with Gasteiger partial charge in [0.25, 0.3) is 0 Å². The fraction of sp³-hybridized carbons (Fsp3) is 0.152. The molecule has 0 amide bonds. The summed E-state index contributed by atoms with van der Waals surface area (Å²) in [4.78, 5) is 0. The Bertz CT molecular complexity index is 1080. The summed E-state index contributed by atoms with van der Waals surface area (Å²) in [7, 11) is 0. The van der Waals surface area contributed by atoms with E-state index in [-0.39, 0.29) is 0 Å². The number of rotatable bonds is 12. The van der Waals surface area contributed by atoms with Crippen LogP contribution < -0.4 is 9.47 Å². The highest BCUT2D eigenvalue weighted by molar-refractivity contribution is 5.51. The average Bonchev–Trinajstić information content (AvgIpc) is 2.93. The highest BCUT2D eigenvalue weighted by atomic mass is 16.5. The number of allylic oxidation sites excluding steroid dienone is 2. The highest BCUT2D eigenvalue weighted by Gasteiger charge is 1.97. The Morgan fingerprint density at radius 2 is 0.857 bits per heavy atom. The molecular weight excluding hydrogens is 428 g/mol. The van der Waals surface area contributed by atoms with Gasteiger partial charge in [-0.05, 0) is 65.8 Å². The van der Waals surface area contributed by atoms with Crippen LogP contribution in [-0.4, -0.2) is 0 Å². The standard InChI is InChI=1S/C33H32O2/c1(2-6-12-28-18-22-32(23-19-28)34-26-30-14-8-4-9-15-30)3-7-13-29-20-24-33(25-21-29)35-27-31-16-10-5-11-17-31/h4-25H,1-3,26-27H2. The van der Waals surface area contributed by atoms with E-state index in [1.54, 1.807) is 0 Å². The molecule has 0 N–H and O–H groups in total. The molecule has 4 aromatic rings. The van der Waals surface area contributed by atoms with Crippen molar-refractivity contribution in [2.24, 2.45) is 0 Å². The fourth-order valence-corrected chi connectivity index (χ4v) is 3.62. The first kappa shape index (κ1) is 24.1. The summed E-state index contributed by atoms with van der Waals surface area (Å²) in [6, 6.07) is 37.0. The van der Waals surface area contributed by atoms with Crippen LogP contribution in [0.2, 0.25) is 0 Å². The summed E-state index contributed by atoms with van der Waals surface area (Å²) in [5.74, 6) is 1.79. The quantitative estimate of drug-likeness (QED) is 0.197. The molecule has 0 radical (unpaired) electrons. The van der Waals surface area contributed by atoms with Crippen LogP contribution in [0.5, 0.6) is 11.5 Å². The fourth-order valence-electron chi connectivity index (χ4n) is 3.62. The highest BCUT2D eigenvalue weighted by Crippen LogP contribution is 2.17. The first-order chi connectivity index (χ1) is 17.3. The summed E-state index contributed by atoms with van der Waals surface area (Å²) in [6.45, 7) is 1.19. The van der Waals surface area contributed by atoms with Crippen LogP contribution in [0.3, 0.4) is 0 Å². The molecule has 2 heteroatoms. The molecule has 4 aromatic carbocycles. The van der Waals surface area contributed by atoms with E-state index in [2.05, 4.69) is 72.8 Å². The van der Waals surface area contributed by atoms with Gasteiger partial charge in [-0.1, -0.05) is 109 Å². The lowest BCUT2D eigenvalue weighted by Crippen LogP contribution is -1.94. The average molecular weight is 461 g/mol. The van der Waals surface area contributed by atoms with Crippen molar-refractivity contribution in [1.82, 2.24) is 0 Å². The van der Waals surface area contributed by atoms with Crippen LogP contribution in [0.15, 0.2) is 121 Å². The number of hydrogen-bond donors (Lipinski definition) is 0.